The molecule has 0 radical (unpaired) electrons. The molecule has 0 spiro atoms. The number of halogens is 4. The lowest BCUT2D eigenvalue weighted by atomic mass is 10.1. The number of nitrogens with zero attached hydrogens (tertiary/aromatic N) is 5. The van der Waals surface area contributed by atoms with Gasteiger partial charge in [-0.05, 0) is 75.7 Å². The Bertz CT molecular complexity index is 1750. The lowest BCUT2D eigenvalue weighted by Crippen LogP contribution is -2.44. The van der Waals surface area contributed by atoms with Gasteiger partial charge in [-0.25, -0.2) is 22.9 Å². The highest BCUT2D eigenvalue weighted by Crippen LogP contribution is 2.30. The van der Waals surface area contributed by atoms with Gasteiger partial charge in [-0.2, -0.15) is 4.98 Å². The van der Waals surface area contributed by atoms with E-state index in [0.717, 1.165) is 61.7 Å². The molecule has 1 aromatic heterocycles. The third-order valence-electron chi connectivity index (χ3n) is 8.05. The first-order chi connectivity index (χ1) is 23.0. The molecule has 1 aliphatic rings. The van der Waals surface area contributed by atoms with Gasteiger partial charge in [0.2, 0.25) is 5.95 Å². The Morgan fingerprint density at radius 1 is 0.958 bits per heavy atom. The number of aryl methyl sites for hydroxylation is 3. The van der Waals surface area contributed by atoms with Crippen molar-refractivity contribution < 1.29 is 27.4 Å². The van der Waals surface area contributed by atoms with E-state index in [1.54, 1.807) is 19.9 Å². The second kappa shape index (κ2) is 15.7. The zero-order valence-corrected chi connectivity index (χ0v) is 28.1. The SMILES string of the molecule is Cc1cc(C)c(OC(=O)N(Cc2c(F)ccc(F)c2Cl)c2ccnc(Nc3ccc(OCCCN4CCN(C)CC4)c(F)c3)n2)c(C)c1. The number of aromatic nitrogens is 2. The van der Waals surface area contributed by atoms with E-state index in [9.17, 15) is 18.0 Å². The van der Waals surface area contributed by atoms with Gasteiger partial charge in [0.1, 0.15) is 23.2 Å². The maximum Gasteiger partial charge on any atom is 0.421 e. The Hall–Kier alpha value is -4.39. The summed E-state index contributed by atoms with van der Waals surface area (Å²) in [4.78, 5) is 28.0. The first-order valence-electron chi connectivity index (χ1n) is 15.6. The van der Waals surface area contributed by atoms with Crippen LogP contribution in [0.25, 0.3) is 0 Å². The standard InChI is InChI=1S/C35H38ClF3N6O3/c1-22-18-23(2)33(24(3)19-22)48-35(46)45(21-26-27(37)7-8-28(38)32(26)36)31-10-11-40-34(42-31)41-25-6-9-30(29(39)20-25)47-17-5-12-44-15-13-43(4)14-16-44/h6-11,18-20H,5,12-17,21H2,1-4H3,(H,40,41,42). The quantitative estimate of drug-likeness (QED) is 0.129. The minimum atomic E-state index is -0.908. The van der Waals surface area contributed by atoms with Gasteiger partial charge in [-0.3, -0.25) is 4.90 Å². The second-order valence-electron chi connectivity index (χ2n) is 11.9. The van der Waals surface area contributed by atoms with Gasteiger partial charge >= 0.3 is 6.09 Å². The summed E-state index contributed by atoms with van der Waals surface area (Å²) in [5.41, 5.74) is 2.48. The molecule has 1 aliphatic heterocycles. The number of carbonyl (C=O) groups is 1. The van der Waals surface area contributed by atoms with Crippen LogP contribution in [0.4, 0.5) is 35.4 Å². The van der Waals surface area contributed by atoms with Crippen molar-refractivity contribution in [1.29, 1.82) is 0 Å². The molecular formula is C35H38ClF3N6O3. The van der Waals surface area contributed by atoms with E-state index >= 15 is 0 Å². The average Bonchev–Trinajstić information content (AvgIpc) is 3.04. The molecule has 1 fully saturated rings. The third-order valence-corrected chi connectivity index (χ3v) is 8.46. The number of carbonyl (C=O) groups excluding carboxylic acids is 1. The van der Waals surface area contributed by atoms with Crippen molar-refractivity contribution in [2.45, 2.75) is 33.7 Å². The molecule has 1 amide bonds. The summed E-state index contributed by atoms with van der Waals surface area (Å²) in [5, 5.41) is 2.45. The fraction of sp³-hybridized carbons (Fsp3) is 0.343. The molecule has 5 rings (SSSR count). The summed E-state index contributed by atoms with van der Waals surface area (Å²) >= 11 is 6.12. The summed E-state index contributed by atoms with van der Waals surface area (Å²) in [7, 11) is 2.11. The van der Waals surface area contributed by atoms with Crippen LogP contribution >= 0.6 is 11.6 Å². The number of piperazine rings is 1. The molecule has 9 nitrogen and oxygen atoms in total. The number of anilines is 3. The zero-order valence-electron chi connectivity index (χ0n) is 27.3. The van der Waals surface area contributed by atoms with E-state index in [-0.39, 0.29) is 23.1 Å². The van der Waals surface area contributed by atoms with E-state index in [1.165, 1.54) is 24.4 Å². The van der Waals surface area contributed by atoms with Crippen molar-refractivity contribution in [3.05, 3.63) is 99.5 Å². The number of nitrogens with one attached hydrogen (secondary N) is 1. The lowest BCUT2D eigenvalue weighted by molar-refractivity contribution is 0.145. The van der Waals surface area contributed by atoms with Gasteiger partial charge in [0, 0.05) is 56.2 Å². The molecule has 0 bridgehead atoms. The molecule has 13 heteroatoms. The van der Waals surface area contributed by atoms with E-state index in [2.05, 4.69) is 32.1 Å². The third kappa shape index (κ3) is 8.74. The summed E-state index contributed by atoms with van der Waals surface area (Å²) in [5.74, 6) is -1.77. The molecular weight excluding hydrogens is 645 g/mol. The summed E-state index contributed by atoms with van der Waals surface area (Å²) in [6.45, 7) is 10.4. The van der Waals surface area contributed by atoms with Crippen LogP contribution in [-0.2, 0) is 6.54 Å². The molecule has 4 aromatic rings. The smallest absolute Gasteiger partial charge is 0.421 e. The van der Waals surface area contributed by atoms with Gasteiger partial charge in [-0.1, -0.05) is 29.3 Å². The minimum Gasteiger partial charge on any atom is -0.490 e. The summed E-state index contributed by atoms with van der Waals surface area (Å²) in [6.07, 6.45) is 1.23. The largest absolute Gasteiger partial charge is 0.490 e. The van der Waals surface area contributed by atoms with Crippen molar-refractivity contribution in [2.24, 2.45) is 0 Å². The molecule has 254 valence electrons. The van der Waals surface area contributed by atoms with E-state index < -0.39 is 35.1 Å². The topological polar surface area (TPSA) is 83.1 Å². The van der Waals surface area contributed by atoms with Crippen molar-refractivity contribution in [1.82, 2.24) is 19.8 Å². The van der Waals surface area contributed by atoms with Crippen LogP contribution in [0.1, 0.15) is 28.7 Å². The van der Waals surface area contributed by atoms with Crippen LogP contribution in [0.15, 0.2) is 54.7 Å². The molecule has 1 saturated heterocycles. The van der Waals surface area contributed by atoms with E-state index in [0.29, 0.717) is 29.2 Å². The lowest BCUT2D eigenvalue weighted by Gasteiger charge is -2.32. The van der Waals surface area contributed by atoms with Crippen molar-refractivity contribution in [3.8, 4) is 11.5 Å². The van der Waals surface area contributed by atoms with Crippen LogP contribution < -0.4 is 19.7 Å². The first kappa shape index (κ1) is 34.9. The molecule has 0 unspecified atom stereocenters. The zero-order chi connectivity index (χ0) is 34.4. The average molecular weight is 683 g/mol. The Morgan fingerprint density at radius 3 is 2.38 bits per heavy atom. The van der Waals surface area contributed by atoms with Gasteiger partial charge in [0.15, 0.2) is 11.6 Å². The molecule has 0 atom stereocenters. The number of hydrogen-bond acceptors (Lipinski definition) is 8. The number of likely N-dealkylation sites (N-methyl/N-ethyl adjacent to an activating group) is 1. The molecule has 48 heavy (non-hydrogen) atoms. The highest BCUT2D eigenvalue weighted by Gasteiger charge is 2.26. The maximum absolute atomic E-state index is 15.0. The Kier molecular flexibility index (Phi) is 11.4. The number of benzene rings is 3. The fourth-order valence-electron chi connectivity index (χ4n) is 5.51. The van der Waals surface area contributed by atoms with E-state index in [4.69, 9.17) is 21.1 Å². The number of rotatable bonds is 11. The number of hydrogen-bond donors (Lipinski definition) is 1. The first-order valence-corrected chi connectivity index (χ1v) is 16.0. The summed E-state index contributed by atoms with van der Waals surface area (Å²) < 4.78 is 55.6. The molecule has 3 aromatic carbocycles. The Morgan fingerprint density at radius 2 is 1.67 bits per heavy atom. The highest BCUT2D eigenvalue weighted by atomic mass is 35.5. The van der Waals surface area contributed by atoms with Crippen LogP contribution in [0.2, 0.25) is 5.02 Å². The highest BCUT2D eigenvalue weighted by molar-refractivity contribution is 6.31. The monoisotopic (exact) mass is 682 g/mol. The normalized spacial score (nSPS) is 13.8. The van der Waals surface area contributed by atoms with Gasteiger partial charge in [0.25, 0.3) is 0 Å². The summed E-state index contributed by atoms with van der Waals surface area (Å²) in [6, 6.07) is 11.3. The van der Waals surface area contributed by atoms with Crippen molar-refractivity contribution in [2.75, 3.05) is 56.6 Å². The number of ether oxygens (including phenoxy) is 2. The minimum absolute atomic E-state index is 0.000390. The van der Waals surface area contributed by atoms with Gasteiger partial charge in [0.05, 0.1) is 18.2 Å². The molecule has 0 saturated carbocycles. The Balaban J connectivity index is 1.32. The van der Waals surface area contributed by atoms with Crippen molar-refractivity contribution in [3.63, 3.8) is 0 Å². The molecule has 2 heterocycles. The number of amides is 1. The predicted molar refractivity (Wildman–Crippen MR) is 180 cm³/mol. The molecule has 1 N–H and O–H groups in total. The van der Waals surface area contributed by atoms with Crippen molar-refractivity contribution >= 4 is 35.1 Å². The predicted octanol–water partition coefficient (Wildman–Crippen LogP) is 7.44. The fourth-order valence-corrected chi connectivity index (χ4v) is 5.72. The van der Waals surface area contributed by atoms with Gasteiger partial charge in [-0.15, -0.1) is 0 Å². The van der Waals surface area contributed by atoms with Crippen LogP contribution in [0.3, 0.4) is 0 Å². The van der Waals surface area contributed by atoms with Crippen LogP contribution in [-0.4, -0.2) is 72.2 Å². The van der Waals surface area contributed by atoms with Crippen LogP contribution in [0, 0.1) is 38.2 Å². The van der Waals surface area contributed by atoms with E-state index in [1.807, 2.05) is 19.1 Å². The molecule has 0 aliphatic carbocycles. The Labute approximate surface area is 283 Å². The van der Waals surface area contributed by atoms with Gasteiger partial charge < -0.3 is 24.6 Å². The second-order valence-corrected chi connectivity index (χ2v) is 12.2. The van der Waals surface area contributed by atoms with Crippen LogP contribution in [0.5, 0.6) is 11.5 Å². The maximum atomic E-state index is 15.0.